The Morgan fingerprint density at radius 3 is 1.71 bits per heavy atom. The lowest BCUT2D eigenvalue weighted by Gasteiger charge is -2.32. The van der Waals surface area contributed by atoms with Crippen molar-refractivity contribution in [2.75, 3.05) is 25.3 Å². The minimum atomic E-state index is -2.90. The summed E-state index contributed by atoms with van der Waals surface area (Å²) in [4.78, 5) is 37.2. The van der Waals surface area contributed by atoms with Gasteiger partial charge in [-0.05, 0) is 90.3 Å². The zero-order valence-electron chi connectivity index (χ0n) is 47.1. The second-order valence-electron chi connectivity index (χ2n) is 20.0. The molecule has 18 heteroatoms. The number of aromatic nitrogens is 5. The maximum absolute atomic E-state index is 11.1. The Labute approximate surface area is 471 Å². The Hall–Kier alpha value is -5.05. The highest BCUT2D eigenvalue weighted by atomic mass is 35.5. The second kappa shape index (κ2) is 48.3. The number of unbranched alkanes of at least 4 members (excludes halogenated alkanes) is 5. The number of hydrogen-bond acceptors (Lipinski definition) is 10. The lowest BCUT2D eigenvalue weighted by molar-refractivity contribution is -0.137. The Morgan fingerprint density at radius 2 is 1.37 bits per heavy atom. The molecule has 2 aromatic heterocycles. The molecule has 0 unspecified atom stereocenters. The van der Waals surface area contributed by atoms with Crippen LogP contribution in [0.4, 0.5) is 0 Å². The zero-order valence-corrected chi connectivity index (χ0v) is 50.6. The maximum Gasteiger partial charge on any atom is 0.253 e. The minimum Gasteiger partial charge on any atom is -0.453 e. The largest absolute Gasteiger partial charge is 0.453 e. The number of aliphatic hydroxyl groups is 1. The van der Waals surface area contributed by atoms with Crippen molar-refractivity contribution in [2.45, 2.75) is 167 Å². The summed E-state index contributed by atoms with van der Waals surface area (Å²) in [6, 6.07) is 10.1. The summed E-state index contributed by atoms with van der Waals surface area (Å²) >= 11 is 5.46. The first-order valence-corrected chi connectivity index (χ1v) is 33.2. The smallest absolute Gasteiger partial charge is 0.253 e. The second-order valence-corrected chi connectivity index (χ2v) is 31.0. The van der Waals surface area contributed by atoms with E-state index >= 15 is 0 Å². The molecule has 0 bridgehead atoms. The fourth-order valence-electron chi connectivity index (χ4n) is 5.87. The molecule has 1 aliphatic rings. The van der Waals surface area contributed by atoms with Crippen LogP contribution >= 0.6 is 11.6 Å². The molecule has 4 rings (SSSR count). The van der Waals surface area contributed by atoms with Crippen LogP contribution in [0.3, 0.4) is 0 Å². The molecule has 2 N–H and O–H groups in total. The van der Waals surface area contributed by atoms with Crippen LogP contribution in [0.5, 0.6) is 0 Å². The lowest BCUT2D eigenvalue weighted by Crippen LogP contribution is -2.45. The third kappa shape index (κ3) is 61.5. The van der Waals surface area contributed by atoms with Crippen molar-refractivity contribution in [3.63, 3.8) is 0 Å². The predicted molar refractivity (Wildman–Crippen MR) is 335 cm³/mol. The van der Waals surface area contributed by atoms with Crippen LogP contribution in [0, 0.1) is 5.41 Å². The van der Waals surface area contributed by atoms with Crippen LogP contribution in [0.25, 0.3) is 12.3 Å². The molecule has 76 heavy (non-hydrogen) atoms. The number of carbonyl (C=O) groups excluding carboxylic acids is 3. The van der Waals surface area contributed by atoms with E-state index in [0.29, 0.717) is 5.88 Å². The van der Waals surface area contributed by atoms with Gasteiger partial charge in [-0.3, -0.25) is 24.0 Å². The lowest BCUT2D eigenvalue weighted by atomic mass is 9.82. The highest BCUT2D eigenvalue weighted by Crippen LogP contribution is 2.26. The summed E-state index contributed by atoms with van der Waals surface area (Å²) in [5, 5.41) is 19.9. The number of alkyl halides is 1. The predicted octanol–water partition coefficient (Wildman–Crippen LogP) is 14.4. The topological polar surface area (TPSA) is 179 Å². The summed E-state index contributed by atoms with van der Waals surface area (Å²) in [7, 11) is -5.71. The van der Waals surface area contributed by atoms with Gasteiger partial charge in [0, 0.05) is 66.6 Å². The van der Waals surface area contributed by atoms with Gasteiger partial charge in [0.2, 0.25) is 5.91 Å². The maximum atomic E-state index is 11.1. The Kier molecular flexibility index (Phi) is 54.0. The van der Waals surface area contributed by atoms with Gasteiger partial charge in [0.1, 0.15) is 0 Å². The minimum absolute atomic E-state index is 0. The standard InChI is InChI=1S/C11H21NO.C10H19N3.C9H9Cl.C7H18OSi2.C6H7NO3.C5H6N2.C4H8.C3H6O2S.3CH4/c1-7-9(13)12-11(5,6)8-10(2,3)4;1-2-3-4-5-6-7-9-13-10-8-11-12-13;10-8-4-7-9-5-2-1-3-6-9;1-7-10(5,6)8-9(2,3)4;8-4-3-7-5(9)1-2-6(7)10;1-2-7-4-3-6-5-7;1-4(2)3;1-3-6(2,4)5;;;/h7H,1,8H2,2-6H3,(H,12,13);8,10H,2-7,9H2,1H3;1-7H,8H2;7H,1H2,2-6H3;1-2,8H,3-4H2;2-5H,1H2;1H2,2-3H3;3H,1H2,2H3;3*1H4/b;;7-4+;;;;;;;;. The molecule has 3 aromatic rings. The van der Waals surface area contributed by atoms with Gasteiger partial charge in [-0.1, -0.05) is 161 Å². The number of allylic oxidation sites excluding steroid dienone is 2. The van der Waals surface area contributed by atoms with Crippen molar-refractivity contribution in [3.8, 4) is 0 Å². The number of rotatable bonds is 19. The van der Waals surface area contributed by atoms with Crippen molar-refractivity contribution in [3.05, 3.63) is 141 Å². The summed E-state index contributed by atoms with van der Waals surface area (Å²) < 4.78 is 29.4. The first-order valence-electron chi connectivity index (χ1n) is 24.4. The molecule has 1 aromatic carbocycles. The van der Waals surface area contributed by atoms with Crippen LogP contribution < -0.4 is 5.32 Å². The molecule has 0 radical (unpaired) electrons. The van der Waals surface area contributed by atoms with E-state index < -0.39 is 26.5 Å². The average Bonchev–Trinajstić information content (AvgIpc) is 4.08. The normalized spacial score (nSPS) is 11.3. The molecule has 0 saturated carbocycles. The van der Waals surface area contributed by atoms with Crippen molar-refractivity contribution in [1.82, 2.24) is 34.8 Å². The number of imidazole rings is 1. The van der Waals surface area contributed by atoms with Crippen LogP contribution in [0.15, 0.2) is 135 Å². The van der Waals surface area contributed by atoms with Crippen molar-refractivity contribution < 1.29 is 32.0 Å². The summed E-state index contributed by atoms with van der Waals surface area (Å²) in [5.74, 6) is -0.220. The first kappa shape index (κ1) is 84.9. The highest BCUT2D eigenvalue weighted by molar-refractivity contribution is 7.93. The molecule has 436 valence electrons. The zero-order chi connectivity index (χ0) is 57.2. The molecule has 0 aliphatic carbocycles. The summed E-state index contributed by atoms with van der Waals surface area (Å²) in [5.41, 5.74) is 4.41. The molecular formula is C58H106ClN7O7SSi2. The van der Waals surface area contributed by atoms with E-state index in [2.05, 4.69) is 114 Å². The van der Waals surface area contributed by atoms with E-state index in [-0.39, 0.29) is 64.1 Å². The molecule has 1 aliphatic heterocycles. The molecule has 0 atom stereocenters. The van der Waals surface area contributed by atoms with Gasteiger partial charge in [-0.2, -0.15) is 0 Å². The Balaban J connectivity index is -0.000000145. The van der Waals surface area contributed by atoms with Crippen molar-refractivity contribution in [1.29, 1.82) is 0 Å². The van der Waals surface area contributed by atoms with E-state index in [9.17, 15) is 22.8 Å². The van der Waals surface area contributed by atoms with Crippen LogP contribution in [-0.4, -0.2) is 108 Å². The number of imide groups is 1. The number of amides is 3. The van der Waals surface area contributed by atoms with Gasteiger partial charge in [0.25, 0.3) is 11.8 Å². The molecular weight excluding hydrogens is 1030 g/mol. The van der Waals surface area contributed by atoms with Crippen LogP contribution in [0.1, 0.15) is 128 Å². The number of benzene rings is 1. The SMILES string of the molecule is C.C.C.C=C(C)C.C=CC(=O)NC(C)(C)CC(C)(C)C.C=CS(C)(=O)=O.C=C[Si](C)(C)O[Si](C)(C)C.C=Cn1ccnc1.CCCCCCCCn1ccnn1.ClC/C=C/c1ccccc1.O=C1C=CC(=O)N1CCO. The van der Waals surface area contributed by atoms with Gasteiger partial charge in [-0.25, -0.2) is 13.4 Å². The monoisotopic (exact) mass is 1140 g/mol. The molecule has 14 nitrogen and oxygen atoms in total. The van der Waals surface area contributed by atoms with E-state index in [1.807, 2.05) is 93.0 Å². The average molecular weight is 1140 g/mol. The fourth-order valence-corrected chi connectivity index (χ4v) is 12.6. The Morgan fingerprint density at radius 1 is 0.855 bits per heavy atom. The van der Waals surface area contributed by atoms with Gasteiger partial charge in [0.05, 0.1) is 25.7 Å². The third-order valence-electron chi connectivity index (χ3n) is 8.35. The number of carbonyl (C=O) groups is 3. The van der Waals surface area contributed by atoms with Gasteiger partial charge in [0.15, 0.2) is 26.5 Å². The van der Waals surface area contributed by atoms with Crippen molar-refractivity contribution in [2.24, 2.45) is 5.41 Å². The molecule has 0 fully saturated rings. The molecule has 3 amide bonds. The summed E-state index contributed by atoms with van der Waals surface area (Å²) in [6.07, 6.45) is 28.2. The van der Waals surface area contributed by atoms with Crippen LogP contribution in [-0.2, 0) is 34.9 Å². The van der Waals surface area contributed by atoms with Gasteiger partial charge >= 0.3 is 0 Å². The number of hydrogen-bond donors (Lipinski definition) is 2. The van der Waals surface area contributed by atoms with E-state index in [1.165, 1.54) is 67.9 Å². The molecule has 3 heterocycles. The third-order valence-corrected chi connectivity index (χ3v) is 14.7. The fraction of sp³-hybridized carbons (Fsp3) is 0.517. The Bertz CT molecular complexity index is 2100. The molecule has 0 spiro atoms. The number of halogens is 1. The number of aryl methyl sites for hydroxylation is 1. The van der Waals surface area contributed by atoms with Crippen molar-refractivity contribution >= 4 is 68.1 Å². The van der Waals surface area contributed by atoms with E-state index in [0.717, 1.165) is 29.5 Å². The van der Waals surface area contributed by atoms with Crippen LogP contribution in [0.2, 0.25) is 32.7 Å². The number of aliphatic hydroxyl groups excluding tert-OH is 1. The summed E-state index contributed by atoms with van der Waals surface area (Å²) in [6.45, 7) is 46.0. The van der Waals surface area contributed by atoms with Gasteiger partial charge in [-0.15, -0.1) is 29.9 Å². The van der Waals surface area contributed by atoms with E-state index in [1.54, 1.807) is 29.5 Å². The number of sulfone groups is 1. The number of β-amino-alcohol motifs (C(OH)–C–C–N with tert-alkyl or cyclic N) is 1. The molecule has 0 saturated heterocycles. The highest BCUT2D eigenvalue weighted by Gasteiger charge is 2.27. The first-order chi connectivity index (χ1) is 33.8. The van der Waals surface area contributed by atoms with Gasteiger partial charge < -0.3 is 19.1 Å². The quantitative estimate of drug-likeness (QED) is 0.0293. The number of nitrogens with one attached hydrogen (secondary N) is 1. The number of nitrogens with zero attached hydrogens (tertiary/aromatic N) is 6. The van der Waals surface area contributed by atoms with E-state index in [4.69, 9.17) is 20.8 Å².